The monoisotopic (exact) mass is 856 g/mol. The number of benzene rings is 1. The Kier molecular flexibility index (Phi) is 16.1. The van der Waals surface area contributed by atoms with Crippen molar-refractivity contribution in [3.63, 3.8) is 0 Å². The Morgan fingerprint density at radius 3 is 2.35 bits per heavy atom. The van der Waals surface area contributed by atoms with Crippen molar-refractivity contribution in [2.45, 2.75) is 99.9 Å². The van der Waals surface area contributed by atoms with Crippen molar-refractivity contribution in [1.29, 1.82) is 0 Å². The lowest BCUT2D eigenvalue weighted by molar-refractivity contribution is -0.151. The molecule has 1 saturated heterocycles. The number of aromatic amines is 1. The lowest BCUT2D eigenvalue weighted by Gasteiger charge is -2.36. The number of amides is 3. The van der Waals surface area contributed by atoms with Gasteiger partial charge < -0.3 is 39.3 Å². The molecule has 5 N–H and O–H groups in total. The molecule has 2 unspecified atom stereocenters. The van der Waals surface area contributed by atoms with E-state index < -0.39 is 55.2 Å². The number of carbonyl (C=O) groups is 5. The average Bonchev–Trinajstić information content (AvgIpc) is 3.64. The zero-order valence-corrected chi connectivity index (χ0v) is 36.8. The molecule has 1 aliphatic carbocycles. The van der Waals surface area contributed by atoms with Crippen LogP contribution >= 0.6 is 7.67 Å². The van der Waals surface area contributed by atoms with E-state index in [2.05, 4.69) is 25.8 Å². The fourth-order valence-corrected chi connectivity index (χ4v) is 8.70. The van der Waals surface area contributed by atoms with Gasteiger partial charge in [-0.1, -0.05) is 26.0 Å². The van der Waals surface area contributed by atoms with E-state index in [1.165, 1.54) is 30.0 Å². The predicted molar refractivity (Wildman–Crippen MR) is 223 cm³/mol. The number of fused-ring (bicyclic) bond motifs is 1. The molecule has 2 aliphatic rings. The number of halogens is 1. The van der Waals surface area contributed by atoms with E-state index in [4.69, 9.17) is 18.7 Å². The van der Waals surface area contributed by atoms with Gasteiger partial charge in [0.25, 0.3) is 11.8 Å². The van der Waals surface area contributed by atoms with E-state index in [1.807, 2.05) is 0 Å². The van der Waals surface area contributed by atoms with Crippen LogP contribution in [0.4, 0.5) is 9.18 Å². The molecule has 1 fully saturated rings. The summed E-state index contributed by atoms with van der Waals surface area (Å²) in [4.78, 5) is 69.3. The zero-order valence-electron chi connectivity index (χ0n) is 35.9. The molecule has 0 bridgehead atoms. The van der Waals surface area contributed by atoms with E-state index in [0.717, 1.165) is 0 Å². The van der Waals surface area contributed by atoms with Crippen LogP contribution in [0.25, 0.3) is 6.08 Å². The van der Waals surface area contributed by atoms with Crippen molar-refractivity contribution in [3.05, 3.63) is 81.6 Å². The molecule has 2 aromatic rings. The van der Waals surface area contributed by atoms with Gasteiger partial charge in [-0.3, -0.25) is 19.2 Å². The number of allylic oxidation sites excluding steroid dienone is 4. The molecule has 1 aromatic heterocycles. The van der Waals surface area contributed by atoms with Gasteiger partial charge in [0.2, 0.25) is 0 Å². The van der Waals surface area contributed by atoms with Gasteiger partial charge in [-0.25, -0.2) is 23.9 Å². The summed E-state index contributed by atoms with van der Waals surface area (Å²) in [6.07, 6.45) is 3.62. The molecule has 60 heavy (non-hydrogen) atoms. The zero-order chi connectivity index (χ0) is 44.5. The quantitative estimate of drug-likeness (QED) is 0.0459. The number of ether oxygens (including phenoxy) is 3. The summed E-state index contributed by atoms with van der Waals surface area (Å²) in [5.41, 5.74) is 2.35. The lowest BCUT2D eigenvalue weighted by atomic mass is 9.90. The van der Waals surface area contributed by atoms with Crippen LogP contribution in [-0.2, 0) is 39.8 Å². The number of nitrogens with zero attached hydrogens (tertiary/aromatic N) is 1. The van der Waals surface area contributed by atoms with Gasteiger partial charge in [-0.15, -0.1) is 0 Å². The molecule has 4 rings (SSSR count). The number of likely N-dealkylation sites (N-methyl/N-ethyl adjacent to an activating group) is 1. The van der Waals surface area contributed by atoms with Gasteiger partial charge in [0, 0.05) is 54.6 Å². The first-order valence-corrected chi connectivity index (χ1v) is 21.7. The van der Waals surface area contributed by atoms with Gasteiger partial charge in [-0.2, -0.15) is 0 Å². The van der Waals surface area contributed by atoms with E-state index in [-0.39, 0.29) is 56.1 Å². The number of esters is 2. The van der Waals surface area contributed by atoms with Crippen molar-refractivity contribution >= 4 is 43.6 Å². The molecule has 0 saturated carbocycles. The van der Waals surface area contributed by atoms with Crippen molar-refractivity contribution < 1.29 is 51.7 Å². The molecule has 4 atom stereocenters. The second-order valence-corrected chi connectivity index (χ2v) is 17.2. The molecule has 1 aromatic carbocycles. The molecule has 18 heteroatoms. The topological polar surface area (TPSA) is 206 Å². The van der Waals surface area contributed by atoms with Crippen LogP contribution in [0.5, 0.6) is 5.75 Å². The Labute approximate surface area is 350 Å². The van der Waals surface area contributed by atoms with Crippen molar-refractivity contribution in [1.82, 2.24) is 30.7 Å². The Bertz CT molecular complexity index is 2080. The van der Waals surface area contributed by atoms with Gasteiger partial charge in [0.05, 0.1) is 18.3 Å². The minimum Gasteiger partial charge on any atom is -0.465 e. The van der Waals surface area contributed by atoms with E-state index in [0.29, 0.717) is 45.9 Å². The highest BCUT2D eigenvalue weighted by Gasteiger charge is 2.46. The third kappa shape index (κ3) is 11.7. The fourth-order valence-electron chi connectivity index (χ4n) is 6.54. The first-order chi connectivity index (χ1) is 28.2. The van der Waals surface area contributed by atoms with Crippen LogP contribution in [0.1, 0.15) is 94.7 Å². The molecule has 328 valence electrons. The van der Waals surface area contributed by atoms with Crippen LogP contribution < -0.4 is 25.3 Å². The number of H-pyrrole nitrogens is 1. The van der Waals surface area contributed by atoms with Crippen molar-refractivity contribution in [2.24, 2.45) is 11.8 Å². The lowest BCUT2D eigenvalue weighted by Crippen LogP contribution is -2.55. The van der Waals surface area contributed by atoms with Crippen LogP contribution in [-0.4, -0.2) is 83.7 Å². The third-order valence-corrected chi connectivity index (χ3v) is 12.2. The molecule has 2 heterocycles. The summed E-state index contributed by atoms with van der Waals surface area (Å²) in [5, 5.41) is 11.2. The standard InChI is InChI=1S/C42H58FN6O10P/c1-11-49(20-19-44-38(51)36-26(7)35(45-27(36)8)22-33-32-21-30(43)15-18-34(32)46-37(33)50)41(54)57-23-29-13-16-31(17-14-29)59-60(55,47-28(9)39(52)58-25(5)6)48-42(10,24(3)4)40(53)56-12-2/h13-18,22,24-25,28,32,45H,11-12,19-21,23H2,1-10H3,(H,44,51)(H,46,50)(H2,47,48,55)/b33-22-/t28-,32?,42-,60?/m0/s1. The summed E-state index contributed by atoms with van der Waals surface area (Å²) in [5.74, 6) is -3.01. The number of rotatable bonds is 19. The second kappa shape index (κ2) is 20.3. The van der Waals surface area contributed by atoms with Gasteiger partial charge in [0.15, 0.2) is 0 Å². The van der Waals surface area contributed by atoms with Gasteiger partial charge in [0.1, 0.15) is 29.8 Å². The SMILES string of the molecule is CCOC(=O)[C@@](C)(NP(=O)(N[C@@H](C)C(=O)OC(C)C)Oc1ccc(COC(=O)N(CC)CCNC(=O)c2c(C)[nH]c(/C=C3\C(=O)NC4=CC=C(F)CC43)c2C)cc1)C(C)C. The van der Waals surface area contributed by atoms with Crippen LogP contribution in [0.15, 0.2) is 53.5 Å². The molecule has 0 radical (unpaired) electrons. The summed E-state index contributed by atoms with van der Waals surface area (Å²) in [6.45, 7) is 17.4. The number of aryl methyl sites for hydroxylation is 1. The highest BCUT2D eigenvalue weighted by molar-refractivity contribution is 7.55. The highest BCUT2D eigenvalue weighted by atomic mass is 31.2. The molecule has 1 aliphatic heterocycles. The molecular formula is C42H58FN6O10P. The number of carbonyl (C=O) groups excluding carboxylic acids is 5. The van der Waals surface area contributed by atoms with Crippen LogP contribution in [0, 0.1) is 25.7 Å². The number of hydrogen-bond donors (Lipinski definition) is 5. The fraction of sp³-hybridized carbons (Fsp3) is 0.500. The van der Waals surface area contributed by atoms with Crippen LogP contribution in [0.2, 0.25) is 0 Å². The maximum absolute atomic E-state index is 14.4. The average molecular weight is 857 g/mol. The maximum Gasteiger partial charge on any atom is 0.410 e. The Hall–Kier alpha value is -5.25. The Morgan fingerprint density at radius 2 is 1.73 bits per heavy atom. The second-order valence-electron chi connectivity index (χ2n) is 15.4. The largest absolute Gasteiger partial charge is 0.465 e. The summed E-state index contributed by atoms with van der Waals surface area (Å²) >= 11 is 0. The first kappa shape index (κ1) is 47.4. The number of aromatic nitrogens is 1. The summed E-state index contributed by atoms with van der Waals surface area (Å²) in [7, 11) is -4.23. The smallest absolute Gasteiger partial charge is 0.410 e. The van der Waals surface area contributed by atoms with Crippen LogP contribution in [0.3, 0.4) is 0 Å². The molecule has 3 amide bonds. The normalized spacial score (nSPS) is 18.1. The molecule has 16 nitrogen and oxygen atoms in total. The minimum absolute atomic E-state index is 0.0825. The minimum atomic E-state index is -4.23. The van der Waals surface area contributed by atoms with Crippen molar-refractivity contribution in [2.75, 3.05) is 26.2 Å². The van der Waals surface area contributed by atoms with E-state index in [1.54, 1.807) is 86.6 Å². The van der Waals surface area contributed by atoms with E-state index in [9.17, 15) is 32.9 Å². The highest BCUT2D eigenvalue weighted by Crippen LogP contribution is 2.44. The maximum atomic E-state index is 14.4. The van der Waals surface area contributed by atoms with Crippen molar-refractivity contribution in [3.8, 4) is 5.75 Å². The Balaban J connectivity index is 1.36. The number of nitrogens with one attached hydrogen (secondary N) is 5. The van der Waals surface area contributed by atoms with Gasteiger partial charge in [-0.05, 0) is 103 Å². The molecule has 0 spiro atoms. The summed E-state index contributed by atoms with van der Waals surface area (Å²) in [6, 6.07) is 5.16. The number of hydrogen-bond acceptors (Lipinski definition) is 10. The molecular weight excluding hydrogens is 798 g/mol. The predicted octanol–water partition coefficient (Wildman–Crippen LogP) is 6.27. The Morgan fingerprint density at radius 1 is 1.05 bits per heavy atom. The third-order valence-electron chi connectivity index (χ3n) is 10.2. The van der Waals surface area contributed by atoms with Gasteiger partial charge >= 0.3 is 25.7 Å². The first-order valence-electron chi connectivity index (χ1n) is 20.0. The van der Waals surface area contributed by atoms with E-state index >= 15 is 0 Å². The summed E-state index contributed by atoms with van der Waals surface area (Å²) < 4.78 is 50.4.